The van der Waals surface area contributed by atoms with E-state index in [-0.39, 0.29) is 11.9 Å². The lowest BCUT2D eigenvalue weighted by atomic mass is 10.1. The number of benzene rings is 1. The average molecular weight is 348 g/mol. The molecule has 0 fully saturated rings. The molecule has 0 radical (unpaired) electrons. The fraction of sp³-hybridized carbons (Fsp3) is 0.412. The molecule has 6 heteroatoms. The predicted molar refractivity (Wildman–Crippen MR) is 94.8 cm³/mol. The number of hydrogen-bond donors (Lipinski definition) is 2. The minimum atomic E-state index is 0.0398. The van der Waals surface area contributed by atoms with Crippen molar-refractivity contribution < 1.29 is 9.53 Å². The van der Waals surface area contributed by atoms with Gasteiger partial charge in [-0.3, -0.25) is 4.79 Å². The van der Waals surface area contributed by atoms with Gasteiger partial charge in [-0.25, -0.2) is 0 Å². The van der Waals surface area contributed by atoms with Crippen molar-refractivity contribution in [3.8, 4) is 5.75 Å². The first-order valence-corrected chi connectivity index (χ1v) is 9.03. The minimum Gasteiger partial charge on any atom is -0.494 e. The first-order chi connectivity index (χ1) is 11.1. The molecule has 0 spiro atoms. The molecular weight excluding hydrogens is 328 g/mol. The summed E-state index contributed by atoms with van der Waals surface area (Å²) >= 11 is 6.60. The Morgan fingerprint density at radius 2 is 2.35 bits per heavy atom. The second kappa shape index (κ2) is 6.84. The molecule has 3 rings (SSSR count). The minimum absolute atomic E-state index is 0.0398. The molecule has 1 atom stereocenters. The summed E-state index contributed by atoms with van der Waals surface area (Å²) in [6.45, 7) is 4.60. The molecule has 4 nitrogen and oxygen atoms in total. The Kier molecular flexibility index (Phi) is 4.82. The number of H-pyrrole nitrogens is 1. The van der Waals surface area contributed by atoms with Crippen LogP contribution in [0.1, 0.15) is 41.1 Å². The van der Waals surface area contributed by atoms with Crippen LogP contribution in [0.2, 0.25) is 0 Å². The lowest BCUT2D eigenvalue weighted by Crippen LogP contribution is -2.28. The number of aromatic amines is 1. The highest BCUT2D eigenvalue weighted by Crippen LogP contribution is 2.37. The highest BCUT2D eigenvalue weighted by molar-refractivity contribution is 7.73. The zero-order chi connectivity index (χ0) is 16.4. The number of nitrogens with one attached hydrogen (secondary N) is 2. The third-order valence-electron chi connectivity index (χ3n) is 4.11. The van der Waals surface area contributed by atoms with Gasteiger partial charge in [-0.2, -0.15) is 0 Å². The molecule has 2 aromatic rings. The number of hydrogen-bond acceptors (Lipinski definition) is 4. The Morgan fingerprint density at radius 3 is 3.04 bits per heavy atom. The summed E-state index contributed by atoms with van der Waals surface area (Å²) in [7, 11) is 0. The summed E-state index contributed by atoms with van der Waals surface area (Å²) in [5.74, 6) is 0.985. The van der Waals surface area contributed by atoms with E-state index in [0.717, 1.165) is 33.1 Å². The lowest BCUT2D eigenvalue weighted by molar-refractivity contribution is -0.121. The van der Waals surface area contributed by atoms with E-state index in [4.69, 9.17) is 17.0 Å². The van der Waals surface area contributed by atoms with Gasteiger partial charge in [0.05, 0.1) is 19.1 Å². The number of carbonyl (C=O) groups is 1. The zero-order valence-electron chi connectivity index (χ0n) is 13.3. The maximum Gasteiger partial charge on any atom is 0.225 e. The molecule has 1 aromatic heterocycles. The Bertz CT molecular complexity index is 779. The van der Waals surface area contributed by atoms with Crippen LogP contribution in [0.3, 0.4) is 0 Å². The number of thiazole rings is 1. The number of rotatable bonds is 5. The van der Waals surface area contributed by atoms with Gasteiger partial charge in [0.2, 0.25) is 5.91 Å². The van der Waals surface area contributed by atoms with E-state index in [9.17, 15) is 4.79 Å². The summed E-state index contributed by atoms with van der Waals surface area (Å²) in [6, 6.07) is 6.16. The third-order valence-corrected chi connectivity index (χ3v) is 5.44. The summed E-state index contributed by atoms with van der Waals surface area (Å²) in [4.78, 5) is 16.5. The number of aromatic nitrogens is 1. The predicted octanol–water partition coefficient (Wildman–Crippen LogP) is 3.86. The van der Waals surface area contributed by atoms with Crippen molar-refractivity contribution in [1.82, 2.24) is 10.3 Å². The first kappa shape index (κ1) is 16.2. The van der Waals surface area contributed by atoms with Crippen molar-refractivity contribution in [1.29, 1.82) is 0 Å². The van der Waals surface area contributed by atoms with Crippen LogP contribution >= 0.6 is 23.6 Å². The summed E-state index contributed by atoms with van der Waals surface area (Å²) in [5.41, 5.74) is 3.40. The molecule has 2 N–H and O–H groups in total. The van der Waals surface area contributed by atoms with E-state index in [1.54, 1.807) is 0 Å². The molecule has 0 aliphatic heterocycles. The van der Waals surface area contributed by atoms with E-state index in [0.29, 0.717) is 13.0 Å². The standard InChI is InChI=1S/C17H20N2O2S2/c1-3-21-14-6-4-5-11-12(14)7-8-13(11)19-16(20)9-15-10(2)18-17(22)23-15/h4-6,13H,3,7-9H2,1-2H3,(H,18,22)(H,19,20)/t13-/m0/s1. The fourth-order valence-electron chi connectivity index (χ4n) is 3.06. The normalized spacial score (nSPS) is 16.2. The van der Waals surface area contributed by atoms with Crippen LogP contribution in [-0.2, 0) is 17.6 Å². The number of carbonyl (C=O) groups excluding carboxylic acids is 1. The largest absolute Gasteiger partial charge is 0.494 e. The van der Waals surface area contributed by atoms with E-state index in [1.165, 1.54) is 22.5 Å². The van der Waals surface area contributed by atoms with E-state index < -0.39 is 0 Å². The number of aryl methyl sites for hydroxylation is 1. The van der Waals surface area contributed by atoms with Crippen molar-refractivity contribution in [3.05, 3.63) is 43.9 Å². The summed E-state index contributed by atoms with van der Waals surface area (Å²) in [6.07, 6.45) is 2.24. The molecule has 0 bridgehead atoms. The van der Waals surface area contributed by atoms with Crippen molar-refractivity contribution in [3.63, 3.8) is 0 Å². The molecule has 0 unspecified atom stereocenters. The molecule has 0 saturated carbocycles. The van der Waals surface area contributed by atoms with Crippen molar-refractivity contribution in [2.45, 2.75) is 39.2 Å². The molecule has 1 aromatic carbocycles. The van der Waals surface area contributed by atoms with Gasteiger partial charge in [0.15, 0.2) is 3.95 Å². The van der Waals surface area contributed by atoms with Gasteiger partial charge >= 0.3 is 0 Å². The van der Waals surface area contributed by atoms with Crippen molar-refractivity contribution in [2.75, 3.05) is 6.61 Å². The number of amides is 1. The van der Waals surface area contributed by atoms with Crippen molar-refractivity contribution >= 4 is 29.5 Å². The molecule has 1 aliphatic rings. The van der Waals surface area contributed by atoms with Gasteiger partial charge in [0.1, 0.15) is 5.75 Å². The summed E-state index contributed by atoms with van der Waals surface area (Å²) < 4.78 is 6.41. The van der Waals surface area contributed by atoms with Crippen LogP contribution in [0.15, 0.2) is 18.2 Å². The van der Waals surface area contributed by atoms with Gasteiger partial charge in [0.25, 0.3) is 0 Å². The lowest BCUT2D eigenvalue weighted by Gasteiger charge is -2.15. The van der Waals surface area contributed by atoms with Crippen LogP contribution in [0.5, 0.6) is 5.75 Å². The number of fused-ring (bicyclic) bond motifs is 1. The second-order valence-electron chi connectivity index (χ2n) is 5.66. The van der Waals surface area contributed by atoms with Gasteiger partial charge in [-0.15, -0.1) is 11.3 Å². The van der Waals surface area contributed by atoms with Gasteiger partial charge in [-0.1, -0.05) is 12.1 Å². The zero-order valence-corrected chi connectivity index (χ0v) is 14.9. The van der Waals surface area contributed by atoms with Gasteiger partial charge in [-0.05, 0) is 56.1 Å². The topological polar surface area (TPSA) is 54.1 Å². The van der Waals surface area contributed by atoms with Crippen LogP contribution in [-0.4, -0.2) is 17.5 Å². The van der Waals surface area contributed by atoms with Crippen LogP contribution in [0.25, 0.3) is 0 Å². The maximum absolute atomic E-state index is 12.4. The molecule has 23 heavy (non-hydrogen) atoms. The van der Waals surface area contributed by atoms with E-state index in [2.05, 4.69) is 16.4 Å². The van der Waals surface area contributed by atoms with E-state index >= 15 is 0 Å². The third kappa shape index (κ3) is 3.48. The highest BCUT2D eigenvalue weighted by atomic mass is 32.1. The van der Waals surface area contributed by atoms with Crippen LogP contribution < -0.4 is 10.1 Å². The number of ether oxygens (including phenoxy) is 1. The monoisotopic (exact) mass is 348 g/mol. The second-order valence-corrected chi connectivity index (χ2v) is 7.43. The van der Waals surface area contributed by atoms with Gasteiger partial charge < -0.3 is 15.0 Å². The molecular formula is C17H20N2O2S2. The Labute approximate surface area is 144 Å². The smallest absolute Gasteiger partial charge is 0.225 e. The molecule has 0 saturated heterocycles. The van der Waals surface area contributed by atoms with Crippen LogP contribution in [0.4, 0.5) is 0 Å². The Balaban J connectivity index is 1.71. The molecule has 1 heterocycles. The first-order valence-electron chi connectivity index (χ1n) is 7.81. The Hall–Kier alpha value is -1.66. The highest BCUT2D eigenvalue weighted by Gasteiger charge is 2.26. The fourth-order valence-corrected chi connectivity index (χ4v) is 4.35. The average Bonchev–Trinajstić information content (AvgIpc) is 3.04. The SMILES string of the molecule is CCOc1cccc2c1CC[C@@H]2NC(=O)Cc1sc(=S)[nH]c1C. The molecule has 1 amide bonds. The molecule has 122 valence electrons. The molecule has 1 aliphatic carbocycles. The van der Waals surface area contributed by atoms with Gasteiger partial charge in [0, 0.05) is 10.6 Å². The van der Waals surface area contributed by atoms with Crippen LogP contribution in [0, 0.1) is 10.9 Å². The Morgan fingerprint density at radius 1 is 1.52 bits per heavy atom. The quantitative estimate of drug-likeness (QED) is 0.807. The maximum atomic E-state index is 12.4. The van der Waals surface area contributed by atoms with Crippen molar-refractivity contribution in [2.24, 2.45) is 0 Å². The van der Waals surface area contributed by atoms with E-state index in [1.807, 2.05) is 26.0 Å². The summed E-state index contributed by atoms with van der Waals surface area (Å²) in [5, 5.41) is 3.15.